The Morgan fingerprint density at radius 1 is 1.18 bits per heavy atom. The number of imide groups is 1. The molecule has 0 unspecified atom stereocenters. The van der Waals surface area contributed by atoms with Gasteiger partial charge in [-0.25, -0.2) is 9.69 Å². The first-order valence-electron chi connectivity index (χ1n) is 5.73. The molecule has 0 aliphatic carbocycles. The van der Waals surface area contributed by atoms with Crippen LogP contribution in [0.1, 0.15) is 12.0 Å². The average molecular weight is 231 g/mol. The molecule has 0 aromatic heterocycles. The van der Waals surface area contributed by atoms with Crippen LogP contribution in [-0.4, -0.2) is 25.0 Å². The van der Waals surface area contributed by atoms with Crippen LogP contribution in [-0.2, 0) is 11.2 Å². The third-order valence-corrected chi connectivity index (χ3v) is 3.13. The Labute approximate surface area is 98.8 Å². The highest BCUT2D eigenvalue weighted by atomic mass is 16.2. The van der Waals surface area contributed by atoms with Crippen molar-refractivity contribution in [3.63, 3.8) is 0 Å². The van der Waals surface area contributed by atoms with E-state index in [4.69, 9.17) is 0 Å². The maximum Gasteiger partial charge on any atom is 0.329 e. The Hall–Kier alpha value is -2.04. The molecular weight excluding hydrogens is 218 g/mol. The van der Waals surface area contributed by atoms with Gasteiger partial charge in [-0.1, -0.05) is 6.07 Å². The van der Waals surface area contributed by atoms with Crippen molar-refractivity contribution in [1.29, 1.82) is 0 Å². The average Bonchev–Trinajstić information content (AvgIpc) is 2.68. The van der Waals surface area contributed by atoms with E-state index in [9.17, 15) is 9.59 Å². The van der Waals surface area contributed by atoms with Crippen LogP contribution in [0.3, 0.4) is 0 Å². The van der Waals surface area contributed by atoms with Gasteiger partial charge >= 0.3 is 6.03 Å². The van der Waals surface area contributed by atoms with Gasteiger partial charge in [-0.3, -0.25) is 4.79 Å². The molecule has 0 bridgehead atoms. The zero-order valence-electron chi connectivity index (χ0n) is 9.32. The Morgan fingerprint density at radius 3 is 2.82 bits per heavy atom. The molecule has 0 radical (unpaired) electrons. The fraction of sp³-hybridized carbons (Fsp3) is 0.333. The van der Waals surface area contributed by atoms with E-state index < -0.39 is 0 Å². The number of amides is 3. The predicted octanol–water partition coefficient (Wildman–Crippen LogP) is 1.10. The normalized spacial score (nSPS) is 18.7. The summed E-state index contributed by atoms with van der Waals surface area (Å²) in [6, 6.07) is 5.34. The Morgan fingerprint density at radius 2 is 2.06 bits per heavy atom. The van der Waals surface area contributed by atoms with E-state index in [1.165, 1.54) is 10.5 Å². The van der Waals surface area contributed by atoms with Crippen LogP contribution in [0.5, 0.6) is 0 Å². The highest BCUT2D eigenvalue weighted by molar-refractivity contribution is 6.20. The van der Waals surface area contributed by atoms with Gasteiger partial charge < -0.3 is 10.6 Å². The number of nitrogens with one attached hydrogen (secondary N) is 2. The molecule has 5 nitrogen and oxygen atoms in total. The number of rotatable bonds is 1. The molecule has 0 saturated carbocycles. The van der Waals surface area contributed by atoms with E-state index in [1.807, 2.05) is 18.2 Å². The van der Waals surface area contributed by atoms with Crippen molar-refractivity contribution in [2.45, 2.75) is 12.8 Å². The third kappa shape index (κ3) is 1.63. The van der Waals surface area contributed by atoms with Crippen LogP contribution in [0.15, 0.2) is 18.2 Å². The van der Waals surface area contributed by atoms with Crippen molar-refractivity contribution in [2.75, 3.05) is 23.3 Å². The summed E-state index contributed by atoms with van der Waals surface area (Å²) in [6.07, 6.45) is 2.16. The zero-order chi connectivity index (χ0) is 11.8. The first kappa shape index (κ1) is 10.1. The summed E-state index contributed by atoms with van der Waals surface area (Å²) >= 11 is 0. The van der Waals surface area contributed by atoms with Gasteiger partial charge in [-0.15, -0.1) is 0 Å². The van der Waals surface area contributed by atoms with E-state index in [-0.39, 0.29) is 18.5 Å². The maximum absolute atomic E-state index is 11.6. The second-order valence-electron chi connectivity index (χ2n) is 4.26. The molecule has 1 fully saturated rings. The largest absolute Gasteiger partial charge is 0.385 e. The highest BCUT2D eigenvalue weighted by Crippen LogP contribution is 2.28. The van der Waals surface area contributed by atoms with Crippen LogP contribution < -0.4 is 15.5 Å². The number of urea groups is 1. The summed E-state index contributed by atoms with van der Waals surface area (Å²) in [5.41, 5.74) is 2.91. The SMILES string of the molecule is O=C1CNC(=O)N1c1ccc2c(c1)NCCC2. The molecule has 3 rings (SSSR count). The number of nitrogens with zero attached hydrogens (tertiary/aromatic N) is 1. The monoisotopic (exact) mass is 231 g/mol. The smallest absolute Gasteiger partial charge is 0.329 e. The Bertz CT molecular complexity index is 483. The number of hydrogen-bond donors (Lipinski definition) is 2. The molecule has 0 atom stereocenters. The number of carbonyl (C=O) groups is 2. The number of fused-ring (bicyclic) bond motifs is 1. The van der Waals surface area contributed by atoms with Gasteiger partial charge in [0.15, 0.2) is 0 Å². The molecule has 2 heterocycles. The maximum atomic E-state index is 11.6. The van der Waals surface area contributed by atoms with Gasteiger partial charge in [0.25, 0.3) is 5.91 Å². The van der Waals surface area contributed by atoms with Crippen molar-refractivity contribution in [3.8, 4) is 0 Å². The summed E-state index contributed by atoms with van der Waals surface area (Å²) in [5, 5.41) is 5.80. The van der Waals surface area contributed by atoms with Crippen molar-refractivity contribution in [3.05, 3.63) is 23.8 Å². The van der Waals surface area contributed by atoms with Crippen LogP contribution in [0, 0.1) is 0 Å². The molecule has 1 aromatic rings. The zero-order valence-corrected chi connectivity index (χ0v) is 9.32. The number of anilines is 2. The molecule has 2 aliphatic heterocycles. The van der Waals surface area contributed by atoms with Gasteiger partial charge in [0, 0.05) is 12.2 Å². The molecule has 2 aliphatic rings. The molecule has 0 spiro atoms. The van der Waals surface area contributed by atoms with Crippen molar-refractivity contribution in [2.24, 2.45) is 0 Å². The molecule has 3 amide bonds. The second kappa shape index (κ2) is 3.76. The Balaban J connectivity index is 1.98. The molecule has 88 valence electrons. The topological polar surface area (TPSA) is 61.4 Å². The van der Waals surface area contributed by atoms with E-state index in [1.54, 1.807) is 0 Å². The van der Waals surface area contributed by atoms with Crippen LogP contribution in [0.4, 0.5) is 16.2 Å². The van der Waals surface area contributed by atoms with E-state index in [0.717, 1.165) is 25.1 Å². The van der Waals surface area contributed by atoms with Crippen LogP contribution in [0.25, 0.3) is 0 Å². The van der Waals surface area contributed by atoms with Crippen molar-refractivity contribution < 1.29 is 9.59 Å². The van der Waals surface area contributed by atoms with Gasteiger partial charge in [-0.2, -0.15) is 0 Å². The van der Waals surface area contributed by atoms with E-state index in [2.05, 4.69) is 10.6 Å². The first-order chi connectivity index (χ1) is 8.25. The molecule has 1 aromatic carbocycles. The highest BCUT2D eigenvalue weighted by Gasteiger charge is 2.30. The fourth-order valence-corrected chi connectivity index (χ4v) is 2.27. The molecule has 5 heteroatoms. The summed E-state index contributed by atoms with van der Waals surface area (Å²) < 4.78 is 0. The molecular formula is C12H13N3O2. The van der Waals surface area contributed by atoms with Crippen molar-refractivity contribution in [1.82, 2.24) is 5.32 Å². The minimum absolute atomic E-state index is 0.0867. The predicted molar refractivity (Wildman–Crippen MR) is 64.1 cm³/mol. The molecule has 1 saturated heterocycles. The fourth-order valence-electron chi connectivity index (χ4n) is 2.27. The number of carbonyl (C=O) groups excluding carboxylic acids is 2. The summed E-state index contributed by atoms with van der Waals surface area (Å²) in [5.74, 6) is -0.203. The lowest BCUT2D eigenvalue weighted by Crippen LogP contribution is -2.30. The Kier molecular flexibility index (Phi) is 2.24. The summed E-state index contributed by atoms with van der Waals surface area (Å²) in [4.78, 5) is 24.3. The van der Waals surface area contributed by atoms with Gasteiger partial charge in [0.1, 0.15) is 0 Å². The molecule has 17 heavy (non-hydrogen) atoms. The lowest BCUT2D eigenvalue weighted by Gasteiger charge is -2.20. The standard InChI is InChI=1S/C12H13N3O2/c16-11-7-14-12(17)15(11)9-4-3-8-2-1-5-13-10(8)6-9/h3-4,6,13H,1-2,5,7H2,(H,14,17). The number of aryl methyl sites for hydroxylation is 1. The summed E-state index contributed by atoms with van der Waals surface area (Å²) in [6.45, 7) is 1.03. The van der Waals surface area contributed by atoms with Crippen LogP contribution in [0.2, 0.25) is 0 Å². The minimum Gasteiger partial charge on any atom is -0.385 e. The minimum atomic E-state index is -0.342. The van der Waals surface area contributed by atoms with Gasteiger partial charge in [-0.05, 0) is 30.5 Å². The third-order valence-electron chi connectivity index (χ3n) is 3.13. The lowest BCUT2D eigenvalue weighted by atomic mass is 10.0. The quantitative estimate of drug-likeness (QED) is 0.711. The second-order valence-corrected chi connectivity index (χ2v) is 4.26. The van der Waals surface area contributed by atoms with E-state index in [0.29, 0.717) is 5.69 Å². The van der Waals surface area contributed by atoms with Gasteiger partial charge in [0.05, 0.1) is 12.2 Å². The number of hydrogen-bond acceptors (Lipinski definition) is 3. The first-order valence-corrected chi connectivity index (χ1v) is 5.73. The van der Waals surface area contributed by atoms with Crippen LogP contribution >= 0.6 is 0 Å². The number of benzene rings is 1. The summed E-state index contributed by atoms with van der Waals surface area (Å²) in [7, 11) is 0. The van der Waals surface area contributed by atoms with Crippen molar-refractivity contribution >= 4 is 23.3 Å². The van der Waals surface area contributed by atoms with Gasteiger partial charge in [0.2, 0.25) is 0 Å². The van der Waals surface area contributed by atoms with E-state index >= 15 is 0 Å². The lowest BCUT2D eigenvalue weighted by molar-refractivity contribution is -0.115. The molecule has 2 N–H and O–H groups in total.